The summed E-state index contributed by atoms with van der Waals surface area (Å²) >= 11 is 5.94. The van der Waals surface area contributed by atoms with Gasteiger partial charge in [-0.15, -0.1) is 0 Å². The van der Waals surface area contributed by atoms with Crippen LogP contribution in [0.5, 0.6) is 0 Å². The fourth-order valence-electron chi connectivity index (χ4n) is 1.40. The van der Waals surface area contributed by atoms with Crippen molar-refractivity contribution in [3.05, 3.63) is 28.3 Å². The summed E-state index contributed by atoms with van der Waals surface area (Å²) in [6, 6.07) is 2.40. The molecular weight excluding hydrogens is 302 g/mol. The third kappa shape index (κ3) is 3.94. The van der Waals surface area contributed by atoms with Crippen molar-refractivity contribution in [3.63, 3.8) is 0 Å². The van der Waals surface area contributed by atoms with Gasteiger partial charge >= 0.3 is 5.97 Å². The summed E-state index contributed by atoms with van der Waals surface area (Å²) < 4.78 is 28.0. The largest absolute Gasteiger partial charge is 0.459 e. The lowest BCUT2D eigenvalue weighted by Crippen LogP contribution is -2.21. The number of halogens is 1. The van der Waals surface area contributed by atoms with Crippen LogP contribution in [0.3, 0.4) is 0 Å². The Kier molecular flexibility index (Phi) is 5.18. The van der Waals surface area contributed by atoms with Gasteiger partial charge in [0, 0.05) is 5.02 Å². The predicted molar refractivity (Wildman–Crippen MR) is 77.3 cm³/mol. The van der Waals surface area contributed by atoms with Crippen molar-refractivity contribution >= 4 is 27.6 Å². The summed E-state index contributed by atoms with van der Waals surface area (Å²) in [6.07, 6.45) is -0.293. The van der Waals surface area contributed by atoms with Gasteiger partial charge in [-0.2, -0.15) is 0 Å². The summed E-state index contributed by atoms with van der Waals surface area (Å²) in [5.41, 5.74) is 0.564. The average molecular weight is 320 g/mol. The second-order valence-electron chi connectivity index (χ2n) is 4.98. The van der Waals surface area contributed by atoms with E-state index in [0.29, 0.717) is 5.56 Å². The van der Waals surface area contributed by atoms with E-state index in [4.69, 9.17) is 21.5 Å². The van der Waals surface area contributed by atoms with Crippen molar-refractivity contribution in [1.29, 1.82) is 0 Å². The molecule has 112 valence electrons. The first-order valence-corrected chi connectivity index (χ1v) is 8.00. The summed E-state index contributed by atoms with van der Waals surface area (Å²) in [4.78, 5) is 11.9. The number of hydrogen-bond acceptors (Lipinski definition) is 4. The number of carbonyl (C=O) groups excluding carboxylic acids is 1. The van der Waals surface area contributed by atoms with Gasteiger partial charge < -0.3 is 4.74 Å². The lowest BCUT2D eigenvalue weighted by atomic mass is 10.1. The zero-order chi connectivity index (χ0) is 15.7. The van der Waals surface area contributed by atoms with E-state index in [1.807, 2.05) is 13.8 Å². The Labute approximate surface area is 124 Å². The Morgan fingerprint density at radius 1 is 1.30 bits per heavy atom. The lowest BCUT2D eigenvalue weighted by molar-refractivity contribution is 0.0237. The fourth-order valence-corrected chi connectivity index (χ4v) is 2.25. The molecule has 7 heteroatoms. The first-order valence-electron chi connectivity index (χ1n) is 6.08. The molecule has 0 bridgehead atoms. The van der Waals surface area contributed by atoms with Gasteiger partial charge in [-0.1, -0.05) is 25.4 Å². The fraction of sp³-hybridized carbons (Fsp3) is 0.462. The molecule has 0 aromatic heterocycles. The number of ether oxygens (including phenoxy) is 1. The molecule has 0 saturated heterocycles. The molecule has 5 nitrogen and oxygen atoms in total. The molecule has 20 heavy (non-hydrogen) atoms. The van der Waals surface area contributed by atoms with E-state index in [0.717, 1.165) is 0 Å². The molecule has 0 spiro atoms. The van der Waals surface area contributed by atoms with Crippen LogP contribution in [0.4, 0.5) is 0 Å². The summed E-state index contributed by atoms with van der Waals surface area (Å²) in [6.45, 7) is 7.21. The zero-order valence-electron chi connectivity index (χ0n) is 11.8. The lowest BCUT2D eigenvalue weighted by Gasteiger charge is -2.18. The molecule has 0 aliphatic carbocycles. The van der Waals surface area contributed by atoms with E-state index in [2.05, 4.69) is 0 Å². The molecule has 0 aliphatic heterocycles. The Balaban J connectivity index is 3.24. The number of nitrogens with two attached hydrogens (primary N) is 1. The summed E-state index contributed by atoms with van der Waals surface area (Å²) in [7, 11) is -3.94. The number of sulfonamides is 1. The zero-order valence-corrected chi connectivity index (χ0v) is 13.4. The molecule has 1 aromatic rings. The molecule has 0 fully saturated rings. The maximum atomic E-state index is 12.1. The Hall–Kier alpha value is -1.11. The standard InChI is InChI=1S/C13H18ClNO4S/c1-7(2)9(4)19-13(16)11-5-10(20(15,17)18)6-12(14)8(11)3/h5-7,9H,1-4H3,(H2,15,17,18). The summed E-state index contributed by atoms with van der Waals surface area (Å²) in [5, 5.41) is 5.21. The minimum Gasteiger partial charge on any atom is -0.459 e. The molecule has 1 unspecified atom stereocenters. The predicted octanol–water partition coefficient (Wildman–Crippen LogP) is 2.50. The minimum absolute atomic E-state index is 0.106. The molecule has 0 heterocycles. The Bertz CT molecular complexity index is 626. The Morgan fingerprint density at radius 3 is 2.30 bits per heavy atom. The molecule has 1 atom stereocenters. The van der Waals surface area contributed by atoms with Crippen LogP contribution >= 0.6 is 11.6 Å². The van der Waals surface area contributed by atoms with Crippen molar-refractivity contribution in [2.75, 3.05) is 0 Å². The van der Waals surface area contributed by atoms with Gasteiger partial charge in [0.1, 0.15) is 6.10 Å². The SMILES string of the molecule is Cc1c(Cl)cc(S(N)(=O)=O)cc1C(=O)OC(C)C(C)C. The highest BCUT2D eigenvalue weighted by Crippen LogP contribution is 2.25. The molecule has 1 aromatic carbocycles. The monoisotopic (exact) mass is 319 g/mol. The van der Waals surface area contributed by atoms with E-state index in [1.165, 1.54) is 12.1 Å². The highest BCUT2D eigenvalue weighted by Gasteiger charge is 2.21. The van der Waals surface area contributed by atoms with Crippen LogP contribution in [0.25, 0.3) is 0 Å². The van der Waals surface area contributed by atoms with Crippen LogP contribution in [0.1, 0.15) is 36.7 Å². The molecule has 0 aliphatic rings. The van der Waals surface area contributed by atoms with Crippen LogP contribution in [-0.4, -0.2) is 20.5 Å². The van der Waals surface area contributed by atoms with Gasteiger partial charge in [0.2, 0.25) is 10.0 Å². The minimum atomic E-state index is -3.94. The van der Waals surface area contributed by atoms with Gasteiger partial charge in [-0.3, -0.25) is 0 Å². The number of esters is 1. The maximum absolute atomic E-state index is 12.1. The number of carbonyl (C=O) groups is 1. The van der Waals surface area contributed by atoms with Crippen LogP contribution in [0.15, 0.2) is 17.0 Å². The van der Waals surface area contributed by atoms with E-state index < -0.39 is 16.0 Å². The average Bonchev–Trinajstić information content (AvgIpc) is 2.30. The quantitative estimate of drug-likeness (QED) is 0.864. The van der Waals surface area contributed by atoms with Crippen molar-refractivity contribution in [3.8, 4) is 0 Å². The highest BCUT2D eigenvalue weighted by molar-refractivity contribution is 7.89. The van der Waals surface area contributed by atoms with Crippen LogP contribution in [-0.2, 0) is 14.8 Å². The topological polar surface area (TPSA) is 86.5 Å². The molecule has 1 rings (SSSR count). The van der Waals surface area contributed by atoms with Crippen molar-refractivity contribution in [2.24, 2.45) is 11.1 Å². The molecule has 2 N–H and O–H groups in total. The van der Waals surface area contributed by atoms with E-state index in [9.17, 15) is 13.2 Å². The van der Waals surface area contributed by atoms with Crippen molar-refractivity contribution < 1.29 is 17.9 Å². The van der Waals surface area contributed by atoms with Gasteiger partial charge in [0.15, 0.2) is 0 Å². The number of primary sulfonamides is 1. The van der Waals surface area contributed by atoms with Gasteiger partial charge in [-0.05, 0) is 37.5 Å². The molecule has 0 radical (unpaired) electrons. The van der Waals surface area contributed by atoms with Gasteiger partial charge in [0.25, 0.3) is 0 Å². The number of hydrogen-bond donors (Lipinski definition) is 1. The van der Waals surface area contributed by atoms with Crippen molar-refractivity contribution in [1.82, 2.24) is 0 Å². The van der Waals surface area contributed by atoms with Gasteiger partial charge in [-0.25, -0.2) is 18.4 Å². The van der Waals surface area contributed by atoms with E-state index in [-0.39, 0.29) is 27.5 Å². The van der Waals surface area contributed by atoms with Gasteiger partial charge in [0.05, 0.1) is 10.5 Å². The Morgan fingerprint density at radius 2 is 1.85 bits per heavy atom. The van der Waals surface area contributed by atoms with Crippen LogP contribution in [0, 0.1) is 12.8 Å². The molecule has 0 saturated carbocycles. The van der Waals surface area contributed by atoms with Crippen molar-refractivity contribution in [2.45, 2.75) is 38.7 Å². The number of rotatable bonds is 4. The number of benzene rings is 1. The third-order valence-corrected chi connectivity index (χ3v) is 4.38. The normalized spacial score (nSPS) is 13.3. The summed E-state index contributed by atoms with van der Waals surface area (Å²) in [5.74, 6) is -0.466. The van der Waals surface area contributed by atoms with Crippen LogP contribution < -0.4 is 5.14 Å². The smallest absolute Gasteiger partial charge is 0.338 e. The van der Waals surface area contributed by atoms with E-state index in [1.54, 1.807) is 13.8 Å². The third-order valence-electron chi connectivity index (χ3n) is 3.10. The van der Waals surface area contributed by atoms with E-state index >= 15 is 0 Å². The second-order valence-corrected chi connectivity index (χ2v) is 6.95. The van der Waals surface area contributed by atoms with Crippen LogP contribution in [0.2, 0.25) is 5.02 Å². The molecular formula is C13H18ClNO4S. The first kappa shape index (κ1) is 16.9. The second kappa shape index (κ2) is 6.11. The highest BCUT2D eigenvalue weighted by atomic mass is 35.5. The molecule has 0 amide bonds. The maximum Gasteiger partial charge on any atom is 0.338 e. The first-order chi connectivity index (χ1) is 9.04.